The molecule has 1 N–H and O–H groups in total. The highest BCUT2D eigenvalue weighted by atomic mass is 19.4. The minimum atomic E-state index is -4.44. The number of alkyl halides is 3. The van der Waals surface area contributed by atoms with E-state index in [1.165, 1.54) is 6.07 Å². The Kier molecular flexibility index (Phi) is 5.17. The Hall–Kier alpha value is -1.83. The van der Waals surface area contributed by atoms with Gasteiger partial charge >= 0.3 is 6.18 Å². The van der Waals surface area contributed by atoms with Crippen LogP contribution in [0.15, 0.2) is 18.2 Å². The summed E-state index contributed by atoms with van der Waals surface area (Å²) in [5.74, 6) is 0.558. The molecule has 2 unspecified atom stereocenters. The number of aromatic nitrogens is 1. The van der Waals surface area contributed by atoms with E-state index in [4.69, 9.17) is 0 Å². The fourth-order valence-electron chi connectivity index (χ4n) is 3.64. The van der Waals surface area contributed by atoms with E-state index in [-0.39, 0.29) is 11.8 Å². The van der Waals surface area contributed by atoms with E-state index < -0.39 is 11.9 Å². The number of piperazine rings is 1. The summed E-state index contributed by atoms with van der Waals surface area (Å²) >= 11 is 0. The van der Waals surface area contributed by atoms with Crippen LogP contribution >= 0.6 is 0 Å². The van der Waals surface area contributed by atoms with Crippen LogP contribution in [0.4, 0.5) is 19.0 Å². The molecule has 1 amide bonds. The molecular weight excluding hydrogens is 333 g/mol. The maximum Gasteiger partial charge on any atom is 0.433 e. The van der Waals surface area contributed by atoms with Crippen LogP contribution in [0.1, 0.15) is 25.0 Å². The van der Waals surface area contributed by atoms with Gasteiger partial charge in [0, 0.05) is 38.1 Å². The number of pyridine rings is 1. The normalized spacial score (nSPS) is 24.6. The Bertz CT molecular complexity index is 614. The predicted molar refractivity (Wildman–Crippen MR) is 88.2 cm³/mol. The second-order valence-electron chi connectivity index (χ2n) is 6.69. The zero-order chi connectivity index (χ0) is 18.0. The Morgan fingerprint density at radius 1 is 1.20 bits per heavy atom. The number of hydrogen-bond acceptors (Lipinski definition) is 4. The number of rotatable bonds is 3. The largest absolute Gasteiger partial charge is 0.433 e. The molecule has 2 fully saturated rings. The molecule has 0 bridgehead atoms. The number of halogens is 3. The van der Waals surface area contributed by atoms with Gasteiger partial charge in [0.25, 0.3) is 0 Å². The number of carbonyl (C=O) groups excluding carboxylic acids is 1. The monoisotopic (exact) mass is 356 g/mol. The summed E-state index contributed by atoms with van der Waals surface area (Å²) in [6.07, 6.45) is -1.66. The molecule has 25 heavy (non-hydrogen) atoms. The van der Waals surface area contributed by atoms with Crippen LogP contribution < -0.4 is 10.2 Å². The van der Waals surface area contributed by atoms with Crippen LogP contribution in [0, 0.1) is 5.92 Å². The van der Waals surface area contributed by atoms with Gasteiger partial charge in [-0.1, -0.05) is 6.07 Å². The number of nitrogens with zero attached hydrogens (tertiary/aromatic N) is 3. The first-order valence-corrected chi connectivity index (χ1v) is 8.63. The first-order chi connectivity index (χ1) is 11.9. The highest BCUT2D eigenvalue weighted by Crippen LogP contribution is 2.30. The number of nitrogens with one attached hydrogen (secondary N) is 1. The fourth-order valence-corrected chi connectivity index (χ4v) is 3.64. The third kappa shape index (κ3) is 4.05. The lowest BCUT2D eigenvalue weighted by molar-refractivity contribution is -0.141. The van der Waals surface area contributed by atoms with Crippen LogP contribution in [-0.4, -0.2) is 55.1 Å². The smallest absolute Gasteiger partial charge is 0.353 e. The Morgan fingerprint density at radius 2 is 1.92 bits per heavy atom. The summed E-state index contributed by atoms with van der Waals surface area (Å²) in [5, 5.41) is 3.22. The predicted octanol–water partition coefficient (Wildman–Crippen LogP) is 2.14. The van der Waals surface area contributed by atoms with Crippen molar-refractivity contribution < 1.29 is 18.0 Å². The highest BCUT2D eigenvalue weighted by molar-refractivity contribution is 5.79. The molecule has 1 saturated carbocycles. The minimum Gasteiger partial charge on any atom is -0.353 e. The lowest BCUT2D eigenvalue weighted by Crippen LogP contribution is -2.50. The third-order valence-electron chi connectivity index (χ3n) is 5.13. The van der Waals surface area contributed by atoms with Crippen molar-refractivity contribution in [2.45, 2.75) is 31.5 Å². The summed E-state index contributed by atoms with van der Waals surface area (Å²) in [5.41, 5.74) is -0.882. The standard InChI is InChI=1S/C17H23F3N4O/c1-21-13-6-5-12(11-13)16(25)24-9-7-23(8-10-24)15-4-2-3-14(22-15)17(18,19)20/h2-4,12-13,21H,5-11H2,1H3. The molecular formula is C17H23F3N4O. The van der Waals surface area contributed by atoms with Gasteiger partial charge < -0.3 is 15.1 Å². The molecule has 2 atom stereocenters. The molecule has 8 heteroatoms. The third-order valence-corrected chi connectivity index (χ3v) is 5.13. The van der Waals surface area contributed by atoms with Crippen molar-refractivity contribution in [3.63, 3.8) is 0 Å². The van der Waals surface area contributed by atoms with Gasteiger partial charge in [0.05, 0.1) is 0 Å². The topological polar surface area (TPSA) is 48.5 Å². The molecule has 5 nitrogen and oxygen atoms in total. The van der Waals surface area contributed by atoms with Crippen LogP contribution in [0.3, 0.4) is 0 Å². The van der Waals surface area contributed by atoms with Gasteiger partial charge in [-0.15, -0.1) is 0 Å². The van der Waals surface area contributed by atoms with Crippen LogP contribution in [0.2, 0.25) is 0 Å². The molecule has 0 spiro atoms. The molecule has 1 saturated heterocycles. The molecule has 1 aliphatic heterocycles. The van der Waals surface area contributed by atoms with Crippen molar-refractivity contribution in [1.82, 2.24) is 15.2 Å². The maximum absolute atomic E-state index is 12.8. The van der Waals surface area contributed by atoms with Crippen molar-refractivity contribution in [2.24, 2.45) is 5.92 Å². The SMILES string of the molecule is CNC1CCC(C(=O)N2CCN(c3cccc(C(F)(F)F)n3)CC2)C1. The van der Waals surface area contributed by atoms with Crippen LogP contribution in [-0.2, 0) is 11.0 Å². The van der Waals surface area contributed by atoms with E-state index in [1.807, 2.05) is 16.8 Å². The number of amides is 1. The van der Waals surface area contributed by atoms with Gasteiger partial charge in [-0.3, -0.25) is 4.79 Å². The molecule has 138 valence electrons. The van der Waals surface area contributed by atoms with Gasteiger partial charge in [-0.25, -0.2) is 4.98 Å². The van der Waals surface area contributed by atoms with Gasteiger partial charge in [0.2, 0.25) is 5.91 Å². The molecule has 2 heterocycles. The van der Waals surface area contributed by atoms with Gasteiger partial charge in [0.15, 0.2) is 0 Å². The molecule has 1 aromatic rings. The first-order valence-electron chi connectivity index (χ1n) is 8.63. The fraction of sp³-hybridized carbons (Fsp3) is 0.647. The summed E-state index contributed by atoms with van der Waals surface area (Å²) in [4.78, 5) is 20.0. The van der Waals surface area contributed by atoms with E-state index in [0.29, 0.717) is 38.0 Å². The molecule has 3 rings (SSSR count). The quantitative estimate of drug-likeness (QED) is 0.902. The maximum atomic E-state index is 12.8. The average Bonchev–Trinajstić information content (AvgIpc) is 3.10. The number of carbonyl (C=O) groups is 1. The van der Waals surface area contributed by atoms with Crippen molar-refractivity contribution >= 4 is 11.7 Å². The molecule has 1 aliphatic carbocycles. The Balaban J connectivity index is 1.58. The van der Waals surface area contributed by atoms with Crippen LogP contribution in [0.5, 0.6) is 0 Å². The van der Waals surface area contributed by atoms with Crippen molar-refractivity contribution in [3.8, 4) is 0 Å². The summed E-state index contributed by atoms with van der Waals surface area (Å²) in [6.45, 7) is 2.05. The second-order valence-corrected chi connectivity index (χ2v) is 6.69. The number of anilines is 1. The lowest BCUT2D eigenvalue weighted by Gasteiger charge is -2.36. The zero-order valence-corrected chi connectivity index (χ0v) is 14.2. The second kappa shape index (κ2) is 7.19. The average molecular weight is 356 g/mol. The molecule has 0 aromatic carbocycles. The molecule has 2 aliphatic rings. The first kappa shape index (κ1) is 18.0. The molecule has 0 radical (unpaired) electrons. The van der Waals surface area contributed by atoms with Crippen molar-refractivity contribution in [2.75, 3.05) is 38.1 Å². The highest BCUT2D eigenvalue weighted by Gasteiger charge is 2.35. The van der Waals surface area contributed by atoms with Crippen molar-refractivity contribution in [3.05, 3.63) is 23.9 Å². The zero-order valence-electron chi connectivity index (χ0n) is 14.2. The van der Waals surface area contributed by atoms with E-state index in [2.05, 4.69) is 10.3 Å². The van der Waals surface area contributed by atoms with Gasteiger partial charge in [-0.05, 0) is 38.4 Å². The summed E-state index contributed by atoms with van der Waals surface area (Å²) in [6, 6.07) is 4.34. The molecule has 1 aromatic heterocycles. The summed E-state index contributed by atoms with van der Waals surface area (Å²) < 4.78 is 38.4. The Labute approximate surface area is 145 Å². The van der Waals surface area contributed by atoms with E-state index in [9.17, 15) is 18.0 Å². The van der Waals surface area contributed by atoms with Gasteiger partial charge in [0.1, 0.15) is 11.5 Å². The summed E-state index contributed by atoms with van der Waals surface area (Å²) in [7, 11) is 1.92. The van der Waals surface area contributed by atoms with E-state index in [1.54, 1.807) is 6.07 Å². The number of hydrogen-bond donors (Lipinski definition) is 1. The van der Waals surface area contributed by atoms with Gasteiger partial charge in [-0.2, -0.15) is 13.2 Å². The van der Waals surface area contributed by atoms with E-state index in [0.717, 1.165) is 25.3 Å². The Morgan fingerprint density at radius 3 is 2.52 bits per heavy atom. The van der Waals surface area contributed by atoms with Crippen molar-refractivity contribution in [1.29, 1.82) is 0 Å². The van der Waals surface area contributed by atoms with Crippen LogP contribution in [0.25, 0.3) is 0 Å². The minimum absolute atomic E-state index is 0.0654. The lowest BCUT2D eigenvalue weighted by atomic mass is 10.1. The van der Waals surface area contributed by atoms with E-state index >= 15 is 0 Å².